The fourth-order valence-electron chi connectivity index (χ4n) is 1.69. The number of nitrogens with zero attached hydrogens (tertiary/aromatic N) is 1. The SMILES string of the molecule is CCCC(C)N(C)C(=O)c1ccc(Br)cc1S. The summed E-state index contributed by atoms with van der Waals surface area (Å²) in [6, 6.07) is 5.77. The van der Waals surface area contributed by atoms with Gasteiger partial charge in [0.25, 0.3) is 5.91 Å². The van der Waals surface area contributed by atoms with Crippen LogP contribution in [0.3, 0.4) is 0 Å². The average molecular weight is 316 g/mol. The Morgan fingerprint density at radius 3 is 2.71 bits per heavy atom. The van der Waals surface area contributed by atoms with Gasteiger partial charge in [-0.2, -0.15) is 0 Å². The first-order valence-corrected chi connectivity index (χ1v) is 6.97. The molecule has 1 amide bonds. The third-order valence-electron chi connectivity index (χ3n) is 2.88. The van der Waals surface area contributed by atoms with Crippen LogP contribution >= 0.6 is 28.6 Å². The van der Waals surface area contributed by atoms with Gasteiger partial charge in [-0.1, -0.05) is 29.3 Å². The molecule has 1 unspecified atom stereocenters. The molecule has 0 radical (unpaired) electrons. The Bertz CT molecular complexity index is 408. The van der Waals surface area contributed by atoms with Crippen molar-refractivity contribution in [2.24, 2.45) is 0 Å². The highest BCUT2D eigenvalue weighted by Gasteiger charge is 2.18. The molecule has 1 aromatic rings. The molecule has 1 aromatic carbocycles. The second kappa shape index (κ2) is 6.45. The Morgan fingerprint density at radius 2 is 2.18 bits per heavy atom. The lowest BCUT2D eigenvalue weighted by Crippen LogP contribution is -2.35. The number of halogens is 1. The minimum absolute atomic E-state index is 0.0310. The van der Waals surface area contributed by atoms with E-state index in [2.05, 4.69) is 42.4 Å². The number of hydrogen-bond donors (Lipinski definition) is 1. The molecular formula is C13H18BrNOS. The zero-order chi connectivity index (χ0) is 13.0. The van der Waals surface area contributed by atoms with Gasteiger partial charge < -0.3 is 4.90 Å². The lowest BCUT2D eigenvalue weighted by atomic mass is 10.1. The second-order valence-corrected chi connectivity index (χ2v) is 5.61. The fourth-order valence-corrected chi connectivity index (χ4v) is 2.53. The van der Waals surface area contributed by atoms with Crippen molar-refractivity contribution in [1.29, 1.82) is 0 Å². The molecule has 1 atom stereocenters. The van der Waals surface area contributed by atoms with Crippen molar-refractivity contribution in [3.63, 3.8) is 0 Å². The molecular weight excluding hydrogens is 298 g/mol. The van der Waals surface area contributed by atoms with E-state index in [0.29, 0.717) is 10.5 Å². The van der Waals surface area contributed by atoms with Gasteiger partial charge in [0.05, 0.1) is 5.56 Å². The Hall–Kier alpha value is -0.480. The van der Waals surface area contributed by atoms with Crippen LogP contribution in [0.15, 0.2) is 27.6 Å². The summed E-state index contributed by atoms with van der Waals surface area (Å²) in [5.74, 6) is 0.0310. The van der Waals surface area contributed by atoms with E-state index in [1.54, 1.807) is 4.90 Å². The second-order valence-electron chi connectivity index (χ2n) is 4.22. The number of amides is 1. The van der Waals surface area contributed by atoms with E-state index in [0.717, 1.165) is 17.3 Å². The zero-order valence-electron chi connectivity index (χ0n) is 10.4. The van der Waals surface area contributed by atoms with E-state index in [9.17, 15) is 4.79 Å². The third kappa shape index (κ3) is 3.75. The number of hydrogen-bond acceptors (Lipinski definition) is 2. The molecule has 0 aliphatic heterocycles. The molecule has 17 heavy (non-hydrogen) atoms. The summed E-state index contributed by atoms with van der Waals surface area (Å²) < 4.78 is 0.934. The van der Waals surface area contributed by atoms with E-state index >= 15 is 0 Å². The van der Waals surface area contributed by atoms with Gasteiger partial charge in [0.2, 0.25) is 0 Å². The maximum atomic E-state index is 12.3. The number of thiol groups is 1. The van der Waals surface area contributed by atoms with E-state index in [-0.39, 0.29) is 11.9 Å². The quantitative estimate of drug-likeness (QED) is 0.833. The van der Waals surface area contributed by atoms with Crippen molar-refractivity contribution in [3.8, 4) is 0 Å². The van der Waals surface area contributed by atoms with Gasteiger partial charge in [-0.3, -0.25) is 4.79 Å². The van der Waals surface area contributed by atoms with Crippen LogP contribution in [-0.2, 0) is 0 Å². The van der Waals surface area contributed by atoms with Gasteiger partial charge in [-0.05, 0) is 31.5 Å². The smallest absolute Gasteiger partial charge is 0.254 e. The Labute approximate surface area is 117 Å². The van der Waals surface area contributed by atoms with Crippen LogP contribution in [0.1, 0.15) is 37.0 Å². The summed E-state index contributed by atoms with van der Waals surface area (Å²) in [6.45, 7) is 4.19. The molecule has 0 bridgehead atoms. The largest absolute Gasteiger partial charge is 0.339 e. The molecule has 0 aromatic heterocycles. The average Bonchev–Trinajstić information content (AvgIpc) is 2.27. The summed E-state index contributed by atoms with van der Waals surface area (Å²) >= 11 is 7.71. The number of carbonyl (C=O) groups excluding carboxylic acids is 1. The van der Waals surface area contributed by atoms with Gasteiger partial charge in [0.15, 0.2) is 0 Å². The first-order valence-electron chi connectivity index (χ1n) is 5.73. The predicted molar refractivity (Wildman–Crippen MR) is 77.9 cm³/mol. The fraction of sp³-hybridized carbons (Fsp3) is 0.462. The van der Waals surface area contributed by atoms with Crippen molar-refractivity contribution in [3.05, 3.63) is 28.2 Å². The van der Waals surface area contributed by atoms with Gasteiger partial charge in [0.1, 0.15) is 0 Å². The zero-order valence-corrected chi connectivity index (χ0v) is 12.9. The summed E-state index contributed by atoms with van der Waals surface area (Å²) in [4.78, 5) is 14.7. The number of benzene rings is 1. The van der Waals surface area contributed by atoms with Crippen LogP contribution in [-0.4, -0.2) is 23.9 Å². The van der Waals surface area contributed by atoms with Crippen LogP contribution in [0.4, 0.5) is 0 Å². The number of rotatable bonds is 4. The molecule has 0 aliphatic rings. The highest BCUT2D eigenvalue weighted by Crippen LogP contribution is 2.22. The molecule has 0 aliphatic carbocycles. The topological polar surface area (TPSA) is 20.3 Å². The monoisotopic (exact) mass is 315 g/mol. The normalized spacial score (nSPS) is 12.3. The summed E-state index contributed by atoms with van der Waals surface area (Å²) in [7, 11) is 1.85. The molecule has 0 spiro atoms. The van der Waals surface area contributed by atoms with Crippen LogP contribution in [0.2, 0.25) is 0 Å². The van der Waals surface area contributed by atoms with Crippen LogP contribution < -0.4 is 0 Å². The molecule has 0 fully saturated rings. The molecule has 2 nitrogen and oxygen atoms in total. The van der Waals surface area contributed by atoms with E-state index in [4.69, 9.17) is 0 Å². The Kier molecular flexibility index (Phi) is 5.53. The number of carbonyl (C=O) groups is 1. The molecule has 1 rings (SSSR count). The lowest BCUT2D eigenvalue weighted by molar-refractivity contribution is 0.0733. The third-order valence-corrected chi connectivity index (χ3v) is 3.74. The van der Waals surface area contributed by atoms with Crippen LogP contribution in [0.25, 0.3) is 0 Å². The molecule has 4 heteroatoms. The van der Waals surface area contributed by atoms with Crippen molar-refractivity contribution in [2.75, 3.05) is 7.05 Å². The minimum atomic E-state index is 0.0310. The van der Waals surface area contributed by atoms with Crippen molar-refractivity contribution in [1.82, 2.24) is 4.90 Å². The highest BCUT2D eigenvalue weighted by atomic mass is 79.9. The summed E-state index contributed by atoms with van der Waals surface area (Å²) in [6.07, 6.45) is 2.09. The highest BCUT2D eigenvalue weighted by molar-refractivity contribution is 9.10. The summed E-state index contributed by atoms with van der Waals surface area (Å²) in [5, 5.41) is 0. The summed E-state index contributed by atoms with van der Waals surface area (Å²) in [5.41, 5.74) is 0.655. The predicted octanol–water partition coefficient (Wildman–Crippen LogP) is 4.00. The van der Waals surface area contributed by atoms with Crippen LogP contribution in [0.5, 0.6) is 0 Å². The van der Waals surface area contributed by atoms with Crippen LogP contribution in [0, 0.1) is 0 Å². The van der Waals surface area contributed by atoms with E-state index in [1.807, 2.05) is 25.2 Å². The lowest BCUT2D eigenvalue weighted by Gasteiger charge is -2.25. The van der Waals surface area contributed by atoms with Crippen molar-refractivity contribution >= 4 is 34.5 Å². The van der Waals surface area contributed by atoms with Gasteiger partial charge in [0, 0.05) is 22.5 Å². The Balaban J connectivity index is 2.88. The standard InChI is InChI=1S/C13H18BrNOS/c1-4-5-9(2)15(3)13(16)11-7-6-10(14)8-12(11)17/h6-9,17H,4-5H2,1-3H3. The Morgan fingerprint density at radius 1 is 1.53 bits per heavy atom. The first kappa shape index (κ1) is 14.6. The molecule has 0 N–H and O–H groups in total. The molecule has 0 heterocycles. The van der Waals surface area contributed by atoms with E-state index in [1.165, 1.54) is 0 Å². The molecule has 0 saturated heterocycles. The van der Waals surface area contributed by atoms with Gasteiger partial charge >= 0.3 is 0 Å². The van der Waals surface area contributed by atoms with E-state index < -0.39 is 0 Å². The molecule has 0 saturated carbocycles. The molecule has 94 valence electrons. The first-order chi connectivity index (χ1) is 7.97. The maximum absolute atomic E-state index is 12.3. The van der Waals surface area contributed by atoms with Crippen molar-refractivity contribution in [2.45, 2.75) is 37.6 Å². The minimum Gasteiger partial charge on any atom is -0.339 e. The van der Waals surface area contributed by atoms with Gasteiger partial charge in [-0.15, -0.1) is 12.6 Å². The maximum Gasteiger partial charge on any atom is 0.254 e. The van der Waals surface area contributed by atoms with Gasteiger partial charge in [-0.25, -0.2) is 0 Å². The van der Waals surface area contributed by atoms with Crippen molar-refractivity contribution < 1.29 is 4.79 Å².